The molecule has 2 N–H and O–H groups in total. The molecule has 0 atom stereocenters. The van der Waals surface area contributed by atoms with Gasteiger partial charge in [-0.05, 0) is 24.9 Å². The number of carbonyl (C=O) groups excluding carboxylic acids is 1. The van der Waals surface area contributed by atoms with Crippen LogP contribution in [-0.4, -0.2) is 12.3 Å². The van der Waals surface area contributed by atoms with Gasteiger partial charge in [0, 0.05) is 11.0 Å². The molecule has 0 fully saturated rings. The molecule has 0 bridgehead atoms. The van der Waals surface area contributed by atoms with Crippen LogP contribution in [0.1, 0.15) is 43.1 Å². The number of rotatable bonds is 5. The summed E-state index contributed by atoms with van der Waals surface area (Å²) in [5, 5.41) is 0. The monoisotopic (exact) mass is 219 g/mol. The molecular formula is C14H21NO. The first-order valence-electron chi connectivity index (χ1n) is 5.85. The summed E-state index contributed by atoms with van der Waals surface area (Å²) in [5.74, 6) is 0.181. The molecule has 1 aromatic rings. The van der Waals surface area contributed by atoms with E-state index in [1.165, 1.54) is 5.56 Å². The van der Waals surface area contributed by atoms with Gasteiger partial charge in [0.05, 0.1) is 0 Å². The molecule has 2 nitrogen and oxygen atoms in total. The van der Waals surface area contributed by atoms with Crippen LogP contribution in [0.25, 0.3) is 0 Å². The van der Waals surface area contributed by atoms with Crippen LogP contribution in [-0.2, 0) is 6.42 Å². The maximum atomic E-state index is 12.2. The van der Waals surface area contributed by atoms with Gasteiger partial charge >= 0.3 is 0 Å². The molecule has 0 aromatic heterocycles. The highest BCUT2D eigenvalue weighted by Crippen LogP contribution is 2.25. The van der Waals surface area contributed by atoms with Gasteiger partial charge < -0.3 is 5.73 Å². The number of carbonyl (C=O) groups is 1. The summed E-state index contributed by atoms with van der Waals surface area (Å²) >= 11 is 0. The zero-order chi connectivity index (χ0) is 12.2. The molecule has 0 spiro atoms. The van der Waals surface area contributed by atoms with E-state index >= 15 is 0 Å². The van der Waals surface area contributed by atoms with Crippen LogP contribution < -0.4 is 5.73 Å². The molecule has 0 saturated carbocycles. The highest BCUT2D eigenvalue weighted by molar-refractivity contribution is 6.00. The van der Waals surface area contributed by atoms with Crippen molar-refractivity contribution in [2.75, 3.05) is 6.54 Å². The Kier molecular flexibility index (Phi) is 4.25. The van der Waals surface area contributed by atoms with Crippen LogP contribution in [0.2, 0.25) is 0 Å². The van der Waals surface area contributed by atoms with Crippen molar-refractivity contribution in [2.24, 2.45) is 11.1 Å². The first-order chi connectivity index (χ1) is 7.51. The lowest BCUT2D eigenvalue weighted by molar-refractivity contribution is 0.0829. The van der Waals surface area contributed by atoms with Crippen LogP contribution in [0.15, 0.2) is 24.3 Å². The normalized spacial score (nSPS) is 11.5. The van der Waals surface area contributed by atoms with E-state index in [-0.39, 0.29) is 11.2 Å². The van der Waals surface area contributed by atoms with Crippen molar-refractivity contribution in [2.45, 2.75) is 33.6 Å². The summed E-state index contributed by atoms with van der Waals surface area (Å²) in [6, 6.07) is 7.87. The minimum absolute atomic E-state index is 0.181. The SMILES string of the molecule is CCc1ccc(C(=O)C(C)(C)CCN)cc1. The molecule has 0 amide bonds. The number of Topliss-reactive ketones (excluding diaryl/α,β-unsaturated/α-hetero) is 1. The Morgan fingerprint density at radius 3 is 2.25 bits per heavy atom. The molecule has 1 rings (SSSR count). The van der Waals surface area contributed by atoms with Crippen LogP contribution in [0.4, 0.5) is 0 Å². The molecule has 2 heteroatoms. The molecular weight excluding hydrogens is 198 g/mol. The maximum absolute atomic E-state index is 12.2. The minimum Gasteiger partial charge on any atom is -0.330 e. The van der Waals surface area contributed by atoms with E-state index in [0.29, 0.717) is 6.54 Å². The molecule has 0 radical (unpaired) electrons. The quantitative estimate of drug-likeness (QED) is 0.774. The second-order valence-corrected chi connectivity index (χ2v) is 4.80. The Labute approximate surface area is 97.9 Å². The average molecular weight is 219 g/mol. The lowest BCUT2D eigenvalue weighted by atomic mass is 9.81. The van der Waals surface area contributed by atoms with Crippen LogP contribution in [0, 0.1) is 5.41 Å². The van der Waals surface area contributed by atoms with Gasteiger partial charge in [0.1, 0.15) is 0 Å². The van der Waals surface area contributed by atoms with Gasteiger partial charge in [-0.3, -0.25) is 4.79 Å². The molecule has 0 heterocycles. The van der Waals surface area contributed by atoms with Crippen molar-refractivity contribution in [1.29, 1.82) is 0 Å². The number of hydrogen-bond acceptors (Lipinski definition) is 2. The van der Waals surface area contributed by atoms with E-state index in [2.05, 4.69) is 6.92 Å². The first kappa shape index (κ1) is 12.9. The highest BCUT2D eigenvalue weighted by atomic mass is 16.1. The van der Waals surface area contributed by atoms with Gasteiger partial charge in [0.15, 0.2) is 5.78 Å². The number of benzene rings is 1. The molecule has 0 aliphatic rings. The lowest BCUT2D eigenvalue weighted by Crippen LogP contribution is -2.27. The predicted octanol–water partition coefficient (Wildman–Crippen LogP) is 2.81. The second kappa shape index (κ2) is 5.26. The van der Waals surface area contributed by atoms with E-state index in [4.69, 9.17) is 5.73 Å². The van der Waals surface area contributed by atoms with E-state index in [9.17, 15) is 4.79 Å². The van der Waals surface area contributed by atoms with E-state index in [1.807, 2.05) is 38.1 Å². The summed E-state index contributed by atoms with van der Waals surface area (Å²) in [5.41, 5.74) is 7.21. The van der Waals surface area contributed by atoms with Crippen LogP contribution >= 0.6 is 0 Å². The first-order valence-corrected chi connectivity index (χ1v) is 5.85. The molecule has 88 valence electrons. The molecule has 1 aromatic carbocycles. The fraction of sp³-hybridized carbons (Fsp3) is 0.500. The smallest absolute Gasteiger partial charge is 0.168 e. The minimum atomic E-state index is -0.359. The van der Waals surface area contributed by atoms with Crippen molar-refractivity contribution in [3.63, 3.8) is 0 Å². The lowest BCUT2D eigenvalue weighted by Gasteiger charge is -2.22. The van der Waals surface area contributed by atoms with Crippen LogP contribution in [0.3, 0.4) is 0 Å². The average Bonchev–Trinajstić information content (AvgIpc) is 2.28. The fourth-order valence-electron chi connectivity index (χ4n) is 1.76. The van der Waals surface area contributed by atoms with E-state index in [1.54, 1.807) is 0 Å². The third-order valence-electron chi connectivity index (χ3n) is 3.01. The summed E-state index contributed by atoms with van der Waals surface area (Å²) < 4.78 is 0. The van der Waals surface area contributed by atoms with Crippen molar-refractivity contribution < 1.29 is 4.79 Å². The predicted molar refractivity (Wildman–Crippen MR) is 67.6 cm³/mol. The highest BCUT2D eigenvalue weighted by Gasteiger charge is 2.27. The largest absolute Gasteiger partial charge is 0.330 e. The molecule has 16 heavy (non-hydrogen) atoms. The molecule has 0 saturated heterocycles. The number of nitrogens with two attached hydrogens (primary N) is 1. The number of hydrogen-bond donors (Lipinski definition) is 1. The molecule has 0 unspecified atom stereocenters. The third-order valence-corrected chi connectivity index (χ3v) is 3.01. The number of ketones is 1. The zero-order valence-electron chi connectivity index (χ0n) is 10.4. The summed E-state index contributed by atoms with van der Waals surface area (Å²) in [6.07, 6.45) is 1.72. The Balaban J connectivity index is 2.87. The Morgan fingerprint density at radius 1 is 1.25 bits per heavy atom. The van der Waals surface area contributed by atoms with Crippen molar-refractivity contribution in [1.82, 2.24) is 0 Å². The Bertz CT molecular complexity index is 352. The van der Waals surface area contributed by atoms with Gasteiger partial charge in [0.25, 0.3) is 0 Å². The molecule has 0 aliphatic heterocycles. The van der Waals surface area contributed by atoms with Crippen molar-refractivity contribution in [3.05, 3.63) is 35.4 Å². The Morgan fingerprint density at radius 2 is 1.81 bits per heavy atom. The summed E-state index contributed by atoms with van der Waals surface area (Å²) in [6.45, 7) is 6.56. The molecule has 0 aliphatic carbocycles. The van der Waals surface area contributed by atoms with Gasteiger partial charge in [-0.15, -0.1) is 0 Å². The number of aryl methyl sites for hydroxylation is 1. The van der Waals surface area contributed by atoms with Gasteiger partial charge in [-0.25, -0.2) is 0 Å². The summed E-state index contributed by atoms with van der Waals surface area (Å²) in [4.78, 5) is 12.2. The van der Waals surface area contributed by atoms with Gasteiger partial charge in [-0.2, -0.15) is 0 Å². The maximum Gasteiger partial charge on any atom is 0.168 e. The van der Waals surface area contributed by atoms with Gasteiger partial charge in [-0.1, -0.05) is 45.0 Å². The van der Waals surface area contributed by atoms with E-state index < -0.39 is 0 Å². The topological polar surface area (TPSA) is 43.1 Å². The third kappa shape index (κ3) is 2.92. The van der Waals surface area contributed by atoms with Crippen LogP contribution in [0.5, 0.6) is 0 Å². The zero-order valence-corrected chi connectivity index (χ0v) is 10.4. The van der Waals surface area contributed by atoms with Gasteiger partial charge in [0.2, 0.25) is 0 Å². The standard InChI is InChI=1S/C14H21NO/c1-4-11-5-7-12(8-6-11)13(16)14(2,3)9-10-15/h5-8H,4,9-10,15H2,1-3H3. The van der Waals surface area contributed by atoms with E-state index in [0.717, 1.165) is 18.4 Å². The fourth-order valence-corrected chi connectivity index (χ4v) is 1.76. The second-order valence-electron chi connectivity index (χ2n) is 4.80. The van der Waals surface area contributed by atoms with Crippen molar-refractivity contribution in [3.8, 4) is 0 Å². The Hall–Kier alpha value is -1.15. The summed E-state index contributed by atoms with van der Waals surface area (Å²) in [7, 11) is 0. The van der Waals surface area contributed by atoms with Crippen molar-refractivity contribution >= 4 is 5.78 Å².